The number of nitrogens with zero attached hydrogens (tertiary/aromatic N) is 1. The minimum atomic E-state index is -4.90. The van der Waals surface area contributed by atoms with Crippen LogP contribution in [0.3, 0.4) is 0 Å². The van der Waals surface area contributed by atoms with Crippen LogP contribution in [0.5, 0.6) is 0 Å². The highest BCUT2D eigenvalue weighted by Crippen LogP contribution is 2.46. The molecule has 0 amide bonds. The molecule has 0 fully saturated rings. The first-order valence-electron chi connectivity index (χ1n) is 4.07. The van der Waals surface area contributed by atoms with Gasteiger partial charge in [-0.3, -0.25) is 10.1 Å². The van der Waals surface area contributed by atoms with E-state index in [0.29, 0.717) is 12.1 Å². The molecule has 0 bridgehead atoms. The smallest absolute Gasteiger partial charge is 0.258 e. The van der Waals surface area contributed by atoms with E-state index in [1.54, 1.807) is 0 Å². The van der Waals surface area contributed by atoms with E-state index in [-0.39, 0.29) is 0 Å². The van der Waals surface area contributed by atoms with E-state index in [0.717, 1.165) is 0 Å². The van der Waals surface area contributed by atoms with Crippen LogP contribution >= 0.6 is 46.4 Å². The van der Waals surface area contributed by atoms with E-state index in [4.69, 9.17) is 46.4 Å². The molecule has 1 aromatic carbocycles. The highest BCUT2D eigenvalue weighted by atomic mass is 35.6. The van der Waals surface area contributed by atoms with Crippen LogP contribution in [-0.2, 0) is 9.97 Å². The van der Waals surface area contributed by atoms with Crippen LogP contribution in [0.1, 0.15) is 11.1 Å². The van der Waals surface area contributed by atoms with E-state index in [9.17, 15) is 23.3 Å². The molecular formula is C8H2Cl4F3NO2. The predicted molar refractivity (Wildman–Crippen MR) is 62.3 cm³/mol. The Balaban J connectivity index is 3.63. The molecule has 0 aliphatic rings. The average Bonchev–Trinajstić information content (AvgIpc) is 2.13. The quantitative estimate of drug-likeness (QED) is 0.405. The van der Waals surface area contributed by atoms with E-state index >= 15 is 0 Å². The fourth-order valence-electron chi connectivity index (χ4n) is 1.11. The molecule has 3 nitrogen and oxygen atoms in total. The van der Waals surface area contributed by atoms with E-state index in [1.807, 2.05) is 0 Å². The van der Waals surface area contributed by atoms with Crippen molar-refractivity contribution in [3.8, 4) is 0 Å². The van der Waals surface area contributed by atoms with Crippen LogP contribution in [0.4, 0.5) is 18.9 Å². The maximum Gasteiger partial charge on any atom is 0.418 e. The van der Waals surface area contributed by atoms with Crippen molar-refractivity contribution in [2.75, 3.05) is 0 Å². The summed E-state index contributed by atoms with van der Waals surface area (Å²) in [5.41, 5.74) is -2.90. The molecule has 10 heteroatoms. The molecule has 0 radical (unpaired) electrons. The summed E-state index contributed by atoms with van der Waals surface area (Å²) in [5.74, 6) is 0. The molecule has 1 rings (SSSR count). The third kappa shape index (κ3) is 3.32. The average molecular weight is 343 g/mol. The zero-order chi connectivity index (χ0) is 14.3. The van der Waals surface area contributed by atoms with Crippen LogP contribution < -0.4 is 0 Å². The maximum absolute atomic E-state index is 12.6. The Morgan fingerprint density at radius 1 is 1.17 bits per heavy atom. The summed E-state index contributed by atoms with van der Waals surface area (Å²) >= 11 is 21.5. The fourth-order valence-corrected chi connectivity index (χ4v) is 1.72. The van der Waals surface area contributed by atoms with Crippen molar-refractivity contribution in [2.24, 2.45) is 0 Å². The number of rotatable bonds is 1. The van der Waals surface area contributed by atoms with Crippen molar-refractivity contribution in [3.63, 3.8) is 0 Å². The van der Waals surface area contributed by atoms with Crippen molar-refractivity contribution >= 4 is 52.1 Å². The standard InChI is InChI=1S/C8H2Cl4F3NO2/c9-6-4(8(13,14)15)1-3(7(10,11)12)2-5(6)16(17)18/h1-2H. The van der Waals surface area contributed by atoms with Crippen molar-refractivity contribution in [1.29, 1.82) is 0 Å². The Kier molecular flexibility index (Phi) is 4.27. The minimum absolute atomic E-state index is 0.461. The molecule has 18 heavy (non-hydrogen) atoms. The number of benzene rings is 1. The van der Waals surface area contributed by atoms with Gasteiger partial charge in [0.05, 0.1) is 10.5 Å². The molecule has 100 valence electrons. The SMILES string of the molecule is O=[N+]([O-])c1cc(C(Cl)(Cl)Cl)cc(C(F)(F)F)c1Cl. The molecule has 0 spiro atoms. The Morgan fingerprint density at radius 3 is 2.00 bits per heavy atom. The number of hydrogen-bond acceptors (Lipinski definition) is 2. The zero-order valence-electron chi connectivity index (χ0n) is 8.06. The first-order valence-corrected chi connectivity index (χ1v) is 5.58. The van der Waals surface area contributed by atoms with E-state index < -0.39 is 36.7 Å². The highest BCUT2D eigenvalue weighted by molar-refractivity contribution is 6.66. The second-order valence-electron chi connectivity index (χ2n) is 3.11. The fraction of sp³-hybridized carbons (Fsp3) is 0.250. The number of nitro groups is 1. The lowest BCUT2D eigenvalue weighted by Gasteiger charge is -2.15. The second kappa shape index (κ2) is 4.92. The molecule has 0 atom stereocenters. The van der Waals surface area contributed by atoms with Gasteiger partial charge < -0.3 is 0 Å². The molecule has 0 saturated heterocycles. The Hall–Kier alpha value is -0.430. The van der Waals surface area contributed by atoms with Gasteiger partial charge in [-0.15, -0.1) is 0 Å². The summed E-state index contributed by atoms with van der Waals surface area (Å²) in [6.45, 7) is 0. The molecule has 0 heterocycles. The monoisotopic (exact) mass is 341 g/mol. The minimum Gasteiger partial charge on any atom is -0.258 e. The predicted octanol–water partition coefficient (Wildman–Crippen LogP) is 5.09. The van der Waals surface area contributed by atoms with Crippen molar-refractivity contribution in [1.82, 2.24) is 0 Å². The molecule has 0 saturated carbocycles. The van der Waals surface area contributed by atoms with Gasteiger partial charge in [0, 0.05) is 11.6 Å². The second-order valence-corrected chi connectivity index (χ2v) is 5.77. The number of halogens is 7. The lowest BCUT2D eigenvalue weighted by molar-refractivity contribution is -0.385. The van der Waals surface area contributed by atoms with E-state index in [2.05, 4.69) is 0 Å². The summed E-state index contributed by atoms with van der Waals surface area (Å²) in [5, 5.41) is 9.55. The molecule has 0 aliphatic carbocycles. The zero-order valence-corrected chi connectivity index (χ0v) is 11.1. The first kappa shape index (κ1) is 15.6. The van der Waals surface area contributed by atoms with Gasteiger partial charge in [0.2, 0.25) is 3.79 Å². The third-order valence-electron chi connectivity index (χ3n) is 1.88. The topological polar surface area (TPSA) is 43.1 Å². The molecule has 1 aromatic rings. The van der Waals surface area contributed by atoms with Gasteiger partial charge in [-0.05, 0) is 6.07 Å². The van der Waals surface area contributed by atoms with Crippen molar-refractivity contribution in [2.45, 2.75) is 9.97 Å². The lowest BCUT2D eigenvalue weighted by Crippen LogP contribution is -2.11. The number of nitro benzene ring substituents is 1. The Bertz CT molecular complexity index is 498. The van der Waals surface area contributed by atoms with Gasteiger partial charge in [0.15, 0.2) is 0 Å². The molecule has 0 unspecified atom stereocenters. The summed E-state index contributed by atoms with van der Waals surface area (Å²) in [6.07, 6.45) is -4.90. The molecule has 0 aromatic heterocycles. The van der Waals surface area contributed by atoms with Gasteiger partial charge in [-0.25, -0.2) is 0 Å². The van der Waals surface area contributed by atoms with Gasteiger partial charge in [-0.1, -0.05) is 46.4 Å². The van der Waals surface area contributed by atoms with Crippen molar-refractivity contribution < 1.29 is 18.1 Å². The van der Waals surface area contributed by atoms with Crippen LogP contribution in [0.2, 0.25) is 5.02 Å². The molecule has 0 aliphatic heterocycles. The highest BCUT2D eigenvalue weighted by Gasteiger charge is 2.39. The third-order valence-corrected chi connectivity index (χ3v) is 2.93. The van der Waals surface area contributed by atoms with Crippen LogP contribution in [0.25, 0.3) is 0 Å². The Morgan fingerprint density at radius 2 is 1.67 bits per heavy atom. The van der Waals surface area contributed by atoms with Crippen LogP contribution in [-0.4, -0.2) is 4.92 Å². The summed E-state index contributed by atoms with van der Waals surface area (Å²) in [7, 11) is 0. The van der Waals surface area contributed by atoms with Crippen molar-refractivity contribution in [3.05, 3.63) is 38.4 Å². The lowest BCUT2D eigenvalue weighted by atomic mass is 10.1. The van der Waals surface area contributed by atoms with E-state index in [1.165, 1.54) is 0 Å². The molecule has 0 N–H and O–H groups in total. The van der Waals surface area contributed by atoms with Crippen LogP contribution in [0, 0.1) is 10.1 Å². The molecular weight excluding hydrogens is 341 g/mol. The van der Waals surface area contributed by atoms with Gasteiger partial charge in [0.1, 0.15) is 5.02 Å². The first-order chi connectivity index (χ1) is 7.94. The number of alkyl halides is 6. The summed E-state index contributed by atoms with van der Waals surface area (Å²) < 4.78 is 35.6. The summed E-state index contributed by atoms with van der Waals surface area (Å²) in [4.78, 5) is 9.52. The summed E-state index contributed by atoms with van der Waals surface area (Å²) in [6, 6.07) is 1.15. The van der Waals surface area contributed by atoms with Gasteiger partial charge in [0.25, 0.3) is 5.69 Å². The van der Waals surface area contributed by atoms with Gasteiger partial charge >= 0.3 is 6.18 Å². The van der Waals surface area contributed by atoms with Crippen LogP contribution in [0.15, 0.2) is 12.1 Å². The normalized spacial score (nSPS) is 12.6. The number of hydrogen-bond donors (Lipinski definition) is 0. The van der Waals surface area contributed by atoms with Gasteiger partial charge in [-0.2, -0.15) is 13.2 Å². The Labute approximate surface area is 119 Å². The largest absolute Gasteiger partial charge is 0.418 e. The maximum atomic E-state index is 12.6.